The van der Waals surface area contributed by atoms with Crippen LogP contribution < -0.4 is 9.47 Å². The SMILES string of the molecule is COc1cc2c(cc1OC)[C@]13C=C[C@H](O)C[C@H]1N(CC3)C2. The molecule has 1 aromatic rings. The molecule has 2 aliphatic heterocycles. The number of rotatable bonds is 2. The summed E-state index contributed by atoms with van der Waals surface area (Å²) in [5.74, 6) is 1.59. The van der Waals surface area contributed by atoms with E-state index in [4.69, 9.17) is 9.47 Å². The van der Waals surface area contributed by atoms with Crippen LogP contribution in [0.25, 0.3) is 0 Å². The smallest absolute Gasteiger partial charge is 0.161 e. The third-order valence-corrected chi connectivity index (χ3v) is 5.41. The van der Waals surface area contributed by atoms with Gasteiger partial charge in [-0.3, -0.25) is 4.90 Å². The molecule has 1 saturated heterocycles. The summed E-state index contributed by atoms with van der Waals surface area (Å²) in [6.07, 6.45) is 5.82. The van der Waals surface area contributed by atoms with Gasteiger partial charge < -0.3 is 14.6 Å². The second-order valence-corrected chi connectivity index (χ2v) is 6.30. The second-order valence-electron chi connectivity index (χ2n) is 6.30. The summed E-state index contributed by atoms with van der Waals surface area (Å²) in [7, 11) is 3.36. The van der Waals surface area contributed by atoms with Crippen LogP contribution in [0.5, 0.6) is 11.5 Å². The Hall–Kier alpha value is -1.52. The average molecular weight is 287 g/mol. The fourth-order valence-corrected chi connectivity index (χ4v) is 4.42. The third kappa shape index (κ3) is 1.69. The molecule has 0 amide bonds. The quantitative estimate of drug-likeness (QED) is 0.843. The molecule has 1 unspecified atom stereocenters. The molecule has 1 aromatic carbocycles. The third-order valence-electron chi connectivity index (χ3n) is 5.41. The molecule has 0 saturated carbocycles. The molecule has 4 rings (SSSR count). The summed E-state index contributed by atoms with van der Waals surface area (Å²) < 4.78 is 10.9. The van der Waals surface area contributed by atoms with Gasteiger partial charge in [-0.2, -0.15) is 0 Å². The molecule has 2 bridgehead atoms. The van der Waals surface area contributed by atoms with E-state index in [0.717, 1.165) is 37.4 Å². The summed E-state index contributed by atoms with van der Waals surface area (Å²) >= 11 is 0. The van der Waals surface area contributed by atoms with Crippen LogP contribution in [0.2, 0.25) is 0 Å². The van der Waals surface area contributed by atoms with Gasteiger partial charge in [-0.05, 0) is 36.1 Å². The first kappa shape index (κ1) is 13.2. The molecule has 2 heterocycles. The zero-order valence-electron chi connectivity index (χ0n) is 12.5. The van der Waals surface area contributed by atoms with E-state index in [1.165, 1.54) is 11.1 Å². The predicted molar refractivity (Wildman–Crippen MR) is 79.8 cm³/mol. The van der Waals surface area contributed by atoms with Gasteiger partial charge in [0.25, 0.3) is 0 Å². The van der Waals surface area contributed by atoms with E-state index in [0.29, 0.717) is 6.04 Å². The lowest BCUT2D eigenvalue weighted by Gasteiger charge is -2.45. The minimum absolute atomic E-state index is 0.0341. The van der Waals surface area contributed by atoms with Gasteiger partial charge in [-0.15, -0.1) is 0 Å². The number of benzene rings is 1. The van der Waals surface area contributed by atoms with Crippen LogP contribution in [-0.2, 0) is 12.0 Å². The van der Waals surface area contributed by atoms with Crippen molar-refractivity contribution in [1.82, 2.24) is 4.90 Å². The van der Waals surface area contributed by atoms with Gasteiger partial charge in [-0.25, -0.2) is 0 Å². The normalized spacial score (nSPS) is 36.0. The number of methoxy groups -OCH3 is 2. The number of fused-ring (bicyclic) bond motifs is 1. The average Bonchev–Trinajstić information content (AvgIpc) is 2.78. The molecule has 3 aliphatic rings. The van der Waals surface area contributed by atoms with Gasteiger partial charge >= 0.3 is 0 Å². The van der Waals surface area contributed by atoms with Crippen molar-refractivity contribution in [3.05, 3.63) is 35.4 Å². The Morgan fingerprint density at radius 3 is 2.76 bits per heavy atom. The molecule has 21 heavy (non-hydrogen) atoms. The van der Waals surface area contributed by atoms with Gasteiger partial charge in [0, 0.05) is 24.5 Å². The fourth-order valence-electron chi connectivity index (χ4n) is 4.42. The first-order valence-electron chi connectivity index (χ1n) is 7.55. The van der Waals surface area contributed by atoms with Crippen LogP contribution in [0, 0.1) is 0 Å². The van der Waals surface area contributed by atoms with Crippen molar-refractivity contribution in [3.8, 4) is 11.5 Å². The first-order chi connectivity index (χ1) is 10.2. The van der Waals surface area contributed by atoms with Gasteiger partial charge in [-0.1, -0.05) is 12.2 Å². The minimum Gasteiger partial charge on any atom is -0.493 e. The Kier molecular flexibility index (Phi) is 2.81. The number of aliphatic hydroxyl groups excluding tert-OH is 1. The Balaban J connectivity index is 1.91. The van der Waals surface area contributed by atoms with E-state index in [-0.39, 0.29) is 11.5 Å². The van der Waals surface area contributed by atoms with Crippen LogP contribution in [0.1, 0.15) is 24.0 Å². The molecule has 0 spiro atoms. The largest absolute Gasteiger partial charge is 0.493 e. The molecule has 0 aromatic heterocycles. The van der Waals surface area contributed by atoms with Gasteiger partial charge in [0.15, 0.2) is 11.5 Å². The van der Waals surface area contributed by atoms with E-state index in [1.807, 2.05) is 6.08 Å². The second kappa shape index (κ2) is 4.49. The highest BCUT2D eigenvalue weighted by molar-refractivity contribution is 5.55. The molecule has 4 nitrogen and oxygen atoms in total. The summed E-state index contributed by atoms with van der Waals surface area (Å²) in [6.45, 7) is 2.02. The summed E-state index contributed by atoms with van der Waals surface area (Å²) in [6, 6.07) is 4.66. The van der Waals surface area contributed by atoms with Crippen LogP contribution in [0.3, 0.4) is 0 Å². The molecule has 112 valence electrons. The zero-order valence-corrected chi connectivity index (χ0v) is 12.5. The number of hydrogen-bond acceptors (Lipinski definition) is 4. The van der Waals surface area contributed by atoms with Crippen LogP contribution in [0.15, 0.2) is 24.3 Å². The number of aliphatic hydroxyl groups is 1. The molecule has 1 fully saturated rings. The van der Waals surface area contributed by atoms with E-state index in [1.54, 1.807) is 14.2 Å². The first-order valence-corrected chi connectivity index (χ1v) is 7.55. The van der Waals surface area contributed by atoms with Crippen molar-refractivity contribution >= 4 is 0 Å². The maximum atomic E-state index is 9.98. The Morgan fingerprint density at radius 2 is 2.00 bits per heavy atom. The molecular formula is C17H21NO3. The van der Waals surface area contributed by atoms with Gasteiger partial charge in [0.05, 0.1) is 20.3 Å². The number of nitrogens with zero attached hydrogens (tertiary/aromatic N) is 1. The Bertz CT molecular complexity index is 612. The summed E-state index contributed by atoms with van der Waals surface area (Å²) in [5, 5.41) is 9.98. The van der Waals surface area contributed by atoms with Crippen molar-refractivity contribution < 1.29 is 14.6 Å². The highest BCUT2D eigenvalue weighted by Gasteiger charge is 2.52. The van der Waals surface area contributed by atoms with Crippen molar-refractivity contribution in [3.63, 3.8) is 0 Å². The lowest BCUT2D eigenvalue weighted by atomic mass is 9.66. The highest BCUT2D eigenvalue weighted by atomic mass is 16.5. The highest BCUT2D eigenvalue weighted by Crippen LogP contribution is 2.52. The summed E-state index contributed by atoms with van der Waals surface area (Å²) in [4.78, 5) is 2.50. The van der Waals surface area contributed by atoms with Crippen molar-refractivity contribution in [1.29, 1.82) is 0 Å². The minimum atomic E-state index is -0.314. The molecule has 4 atom stereocenters. The molecule has 1 aliphatic carbocycles. The maximum absolute atomic E-state index is 9.98. The lowest BCUT2D eigenvalue weighted by molar-refractivity contribution is 0.110. The van der Waals surface area contributed by atoms with Gasteiger partial charge in [0.2, 0.25) is 0 Å². The number of ether oxygens (including phenoxy) is 2. The van der Waals surface area contributed by atoms with Crippen molar-refractivity contribution in [2.24, 2.45) is 0 Å². The Labute approximate surface area is 125 Å². The Morgan fingerprint density at radius 1 is 1.24 bits per heavy atom. The number of hydrogen-bond donors (Lipinski definition) is 1. The van der Waals surface area contributed by atoms with Crippen LogP contribution >= 0.6 is 0 Å². The van der Waals surface area contributed by atoms with Crippen LogP contribution in [-0.4, -0.2) is 42.9 Å². The van der Waals surface area contributed by atoms with Crippen molar-refractivity contribution in [2.75, 3.05) is 20.8 Å². The van der Waals surface area contributed by atoms with E-state index >= 15 is 0 Å². The van der Waals surface area contributed by atoms with E-state index < -0.39 is 0 Å². The molecule has 4 heteroatoms. The summed E-state index contributed by atoms with van der Waals surface area (Å²) in [5.41, 5.74) is 2.70. The standard InChI is InChI=1S/C17H21NO3/c1-20-14-7-11-10-18-6-5-17(13(11)9-15(14)21-2)4-3-12(19)8-16(17)18/h3-4,7,9,12,16,19H,5-6,8,10H2,1-2H3/t12-,16+,17+/m0/s1. The lowest BCUT2D eigenvalue weighted by Crippen LogP contribution is -2.49. The monoisotopic (exact) mass is 287 g/mol. The topological polar surface area (TPSA) is 41.9 Å². The fraction of sp³-hybridized carbons (Fsp3) is 0.529. The van der Waals surface area contributed by atoms with Gasteiger partial charge in [0.1, 0.15) is 0 Å². The molecular weight excluding hydrogens is 266 g/mol. The zero-order chi connectivity index (χ0) is 14.6. The maximum Gasteiger partial charge on any atom is 0.161 e. The predicted octanol–water partition coefficient (Wildman–Crippen LogP) is 1.85. The van der Waals surface area contributed by atoms with E-state index in [9.17, 15) is 5.11 Å². The van der Waals surface area contributed by atoms with Crippen LogP contribution in [0.4, 0.5) is 0 Å². The van der Waals surface area contributed by atoms with Crippen molar-refractivity contribution in [2.45, 2.75) is 36.9 Å². The molecule has 1 N–H and O–H groups in total. The van der Waals surface area contributed by atoms with E-state index in [2.05, 4.69) is 23.1 Å². The molecule has 0 radical (unpaired) electrons.